The van der Waals surface area contributed by atoms with E-state index in [1.54, 1.807) is 0 Å². The van der Waals surface area contributed by atoms with Gasteiger partial charge in [0.1, 0.15) is 0 Å². The monoisotopic (exact) mass is 293 g/mol. The van der Waals surface area contributed by atoms with E-state index >= 15 is 0 Å². The van der Waals surface area contributed by atoms with Crippen LogP contribution in [0.1, 0.15) is 12.8 Å². The van der Waals surface area contributed by atoms with Gasteiger partial charge in [0.15, 0.2) is 0 Å². The molecule has 0 radical (unpaired) electrons. The van der Waals surface area contributed by atoms with Crippen molar-refractivity contribution < 1.29 is 0 Å². The van der Waals surface area contributed by atoms with E-state index in [-0.39, 0.29) is 0 Å². The summed E-state index contributed by atoms with van der Waals surface area (Å²) in [5.41, 5.74) is 0. The Bertz CT molecular complexity index is 172. The van der Waals surface area contributed by atoms with Crippen molar-refractivity contribution in [3.05, 3.63) is 0 Å². The minimum atomic E-state index is 0.323. The van der Waals surface area contributed by atoms with Gasteiger partial charge < -0.3 is 5.32 Å². The molecule has 2 unspecified atom stereocenters. The molecule has 0 aromatic carbocycles. The molecule has 0 bridgehead atoms. The van der Waals surface area contributed by atoms with Crippen LogP contribution in [0.3, 0.4) is 0 Å². The number of rotatable bonds is 0. The van der Waals surface area contributed by atoms with Crippen LogP contribution in [0.4, 0.5) is 0 Å². The third-order valence-corrected chi connectivity index (χ3v) is 9.79. The molecule has 0 aromatic heterocycles. The van der Waals surface area contributed by atoms with Crippen LogP contribution in [-0.2, 0) is 0 Å². The first kappa shape index (κ1) is 16.3. The van der Waals surface area contributed by atoms with Crippen molar-refractivity contribution in [2.45, 2.75) is 12.8 Å². The van der Waals surface area contributed by atoms with Gasteiger partial charge in [0.2, 0.25) is 0 Å². The third kappa shape index (κ3) is 8.88. The maximum atomic E-state index is 3.65. The lowest BCUT2D eigenvalue weighted by molar-refractivity contribution is 0.768. The number of hydrogen-bond donors (Lipinski definition) is 1. The molecule has 1 fully saturated rings. The van der Waals surface area contributed by atoms with Gasteiger partial charge in [-0.2, -0.15) is 0 Å². The van der Waals surface area contributed by atoms with Crippen LogP contribution in [0.2, 0.25) is 0 Å². The van der Waals surface area contributed by atoms with Gasteiger partial charge >= 0.3 is 0 Å². The molecule has 1 N–H and O–H groups in total. The molecule has 1 heterocycles. The molecule has 0 spiro atoms. The maximum Gasteiger partial charge on any atom is -0.000945 e. The lowest BCUT2D eigenvalue weighted by Gasteiger charge is -2.19. The fourth-order valence-electron chi connectivity index (χ4n) is 2.22. The lowest BCUT2D eigenvalue weighted by Crippen LogP contribution is -2.21. The fraction of sp³-hybridized carbons (Fsp3) is 1.00. The second-order valence-corrected chi connectivity index (χ2v) is 13.2. The third-order valence-electron chi connectivity index (χ3n) is 3.50. The van der Waals surface area contributed by atoms with E-state index in [0.717, 1.165) is 0 Å². The molecule has 17 heavy (non-hydrogen) atoms. The normalized spacial score (nSPS) is 35.1. The Kier molecular flexibility index (Phi) is 9.67. The van der Waals surface area contributed by atoms with E-state index in [9.17, 15) is 0 Å². The zero-order chi connectivity index (χ0) is 12.5. The Morgan fingerprint density at radius 1 is 0.588 bits per heavy atom. The summed E-state index contributed by atoms with van der Waals surface area (Å²) >= 11 is 0. The highest BCUT2D eigenvalue weighted by Crippen LogP contribution is 2.39. The van der Waals surface area contributed by atoms with E-state index in [4.69, 9.17) is 0 Å². The molecule has 0 amide bonds. The largest absolute Gasteiger partial charge is 0.316 e. The summed E-state index contributed by atoms with van der Waals surface area (Å²) in [6, 6.07) is 0. The fourth-order valence-corrected chi connectivity index (χ4v) is 7.26. The zero-order valence-corrected chi connectivity index (χ0v) is 14.6. The SMILES string of the molecule is CP1CCCP(C)CCNCCP(C)CCC1. The van der Waals surface area contributed by atoms with Gasteiger partial charge in [-0.15, -0.1) is 23.8 Å². The molecule has 2 atom stereocenters. The minimum Gasteiger partial charge on any atom is -0.316 e. The second-order valence-electron chi connectivity index (χ2n) is 5.37. The van der Waals surface area contributed by atoms with Crippen molar-refractivity contribution in [2.24, 2.45) is 0 Å². The summed E-state index contributed by atoms with van der Waals surface area (Å²) in [4.78, 5) is 0. The number of nitrogens with one attached hydrogen (secondary N) is 1. The van der Waals surface area contributed by atoms with Crippen LogP contribution >= 0.6 is 23.8 Å². The zero-order valence-electron chi connectivity index (χ0n) is 11.9. The highest BCUT2D eigenvalue weighted by Gasteiger charge is 2.07. The van der Waals surface area contributed by atoms with E-state index < -0.39 is 0 Å². The van der Waals surface area contributed by atoms with Crippen LogP contribution in [0.15, 0.2) is 0 Å². The first-order valence-electron chi connectivity index (χ1n) is 6.95. The quantitative estimate of drug-likeness (QED) is 0.671. The summed E-state index contributed by atoms with van der Waals surface area (Å²) in [7, 11) is 1.01. The second kappa shape index (κ2) is 10.1. The average molecular weight is 293 g/mol. The summed E-state index contributed by atoms with van der Waals surface area (Å²) in [5, 5.41) is 3.65. The Hall–Kier alpha value is 1.25. The van der Waals surface area contributed by atoms with Gasteiger partial charge in [-0.05, 0) is 82.9 Å². The van der Waals surface area contributed by atoms with Crippen LogP contribution in [0.5, 0.6) is 0 Å². The first-order chi connectivity index (χ1) is 8.18. The van der Waals surface area contributed by atoms with E-state index in [2.05, 4.69) is 25.3 Å². The molecule has 1 nitrogen and oxygen atoms in total. The van der Waals surface area contributed by atoms with Crippen molar-refractivity contribution in [2.75, 3.05) is 70.1 Å². The molecule has 0 aromatic rings. The molecule has 102 valence electrons. The van der Waals surface area contributed by atoms with Gasteiger partial charge in [0.25, 0.3) is 0 Å². The van der Waals surface area contributed by atoms with Crippen LogP contribution < -0.4 is 5.32 Å². The van der Waals surface area contributed by atoms with E-state index in [1.165, 1.54) is 62.9 Å². The summed E-state index contributed by atoms with van der Waals surface area (Å²) < 4.78 is 0. The Morgan fingerprint density at radius 2 is 0.941 bits per heavy atom. The highest BCUT2D eigenvalue weighted by atomic mass is 31.1. The van der Waals surface area contributed by atoms with Gasteiger partial charge in [-0.1, -0.05) is 0 Å². The van der Waals surface area contributed by atoms with Crippen LogP contribution in [0.25, 0.3) is 0 Å². The van der Waals surface area contributed by atoms with Gasteiger partial charge in [0, 0.05) is 0 Å². The van der Waals surface area contributed by atoms with E-state index in [0.29, 0.717) is 23.8 Å². The predicted molar refractivity (Wildman–Crippen MR) is 89.8 cm³/mol. The number of hydrogen-bond acceptors (Lipinski definition) is 1. The maximum absolute atomic E-state index is 3.65. The van der Waals surface area contributed by atoms with Crippen molar-refractivity contribution in [1.29, 1.82) is 0 Å². The van der Waals surface area contributed by atoms with Crippen LogP contribution in [0, 0.1) is 0 Å². The molecule has 1 saturated heterocycles. The summed E-state index contributed by atoms with van der Waals surface area (Å²) in [6.45, 7) is 10.1. The minimum absolute atomic E-state index is 0.323. The van der Waals surface area contributed by atoms with E-state index in [1.807, 2.05) is 0 Å². The lowest BCUT2D eigenvalue weighted by atomic mass is 10.6. The Balaban J connectivity index is 2.28. The van der Waals surface area contributed by atoms with Crippen LogP contribution in [-0.4, -0.2) is 70.1 Å². The van der Waals surface area contributed by atoms with Gasteiger partial charge in [-0.25, -0.2) is 0 Å². The molecule has 4 heteroatoms. The van der Waals surface area contributed by atoms with Crippen molar-refractivity contribution >= 4 is 23.8 Å². The van der Waals surface area contributed by atoms with Gasteiger partial charge in [0.05, 0.1) is 0 Å². The van der Waals surface area contributed by atoms with Gasteiger partial charge in [-0.3, -0.25) is 0 Å². The Labute approximate surface area is 112 Å². The van der Waals surface area contributed by atoms with Crippen molar-refractivity contribution in [3.8, 4) is 0 Å². The molecule has 1 aliphatic heterocycles. The summed E-state index contributed by atoms with van der Waals surface area (Å²) in [6.07, 6.45) is 12.0. The molecular formula is C13H30NP3. The molecular weight excluding hydrogens is 263 g/mol. The topological polar surface area (TPSA) is 12.0 Å². The predicted octanol–water partition coefficient (Wildman–Crippen LogP) is 3.70. The smallest absolute Gasteiger partial charge is 0.000945 e. The molecule has 1 rings (SSSR count). The average Bonchev–Trinajstić information content (AvgIpc) is 2.27. The van der Waals surface area contributed by atoms with Crippen molar-refractivity contribution in [1.82, 2.24) is 5.32 Å². The standard InChI is InChI=1S/C13H30NP3/c1-15-8-4-10-16(2)12-6-14-7-13-17(3)11-5-9-15/h14H,4-13H2,1-3H3. The molecule has 1 aliphatic rings. The summed E-state index contributed by atoms with van der Waals surface area (Å²) in [5.74, 6) is 0. The molecule has 0 saturated carbocycles. The van der Waals surface area contributed by atoms with Crippen molar-refractivity contribution in [3.63, 3.8) is 0 Å². The Morgan fingerprint density at radius 3 is 1.35 bits per heavy atom. The highest BCUT2D eigenvalue weighted by molar-refractivity contribution is 7.58. The molecule has 0 aliphatic carbocycles. The first-order valence-corrected chi connectivity index (χ1v) is 13.4.